The van der Waals surface area contributed by atoms with Crippen LogP contribution in [0.15, 0.2) is 0 Å². The van der Waals surface area contributed by atoms with E-state index in [9.17, 15) is 4.79 Å². The molecule has 1 heterocycles. The zero-order chi connectivity index (χ0) is 9.84. The van der Waals surface area contributed by atoms with Crippen LogP contribution >= 0.6 is 0 Å². The quantitative estimate of drug-likeness (QED) is 0.659. The van der Waals surface area contributed by atoms with Crippen molar-refractivity contribution in [2.45, 2.75) is 45.7 Å². The molecular weight excluding hydrogens is 166 g/mol. The highest BCUT2D eigenvalue weighted by Gasteiger charge is 2.28. The second kappa shape index (κ2) is 4.61. The van der Waals surface area contributed by atoms with Crippen LogP contribution in [0.1, 0.15) is 33.6 Å². The first-order chi connectivity index (χ1) is 6.15. The maximum Gasteiger partial charge on any atom is 0.323 e. The Morgan fingerprint density at radius 1 is 1.46 bits per heavy atom. The Labute approximate surface area is 79.8 Å². The third-order valence-corrected chi connectivity index (χ3v) is 2.80. The lowest BCUT2D eigenvalue weighted by Crippen LogP contribution is -2.49. The van der Waals surface area contributed by atoms with Gasteiger partial charge in [0.25, 0.3) is 0 Å². The van der Waals surface area contributed by atoms with Crippen LogP contribution in [0.2, 0.25) is 0 Å². The zero-order valence-electron chi connectivity index (χ0n) is 8.67. The number of hydrogen-bond acceptors (Lipinski definition) is 3. The third kappa shape index (κ3) is 2.69. The Bertz CT molecular complexity index is 182. The molecule has 1 fully saturated rings. The fourth-order valence-corrected chi connectivity index (χ4v) is 1.67. The number of carbonyl (C=O) groups excluding carboxylic acids is 1. The van der Waals surface area contributed by atoms with Crippen LogP contribution in [-0.4, -0.2) is 24.7 Å². The number of esters is 1. The number of piperidine rings is 1. The summed E-state index contributed by atoms with van der Waals surface area (Å²) >= 11 is 0. The lowest BCUT2D eigenvalue weighted by atomic mass is 9.90. The van der Waals surface area contributed by atoms with Crippen LogP contribution in [0, 0.1) is 5.92 Å². The molecule has 3 nitrogen and oxygen atoms in total. The van der Waals surface area contributed by atoms with Crippen LogP contribution in [0.5, 0.6) is 0 Å². The largest absolute Gasteiger partial charge is 0.465 e. The summed E-state index contributed by atoms with van der Waals surface area (Å²) in [5.74, 6) is 0.562. The molecule has 3 atom stereocenters. The van der Waals surface area contributed by atoms with Gasteiger partial charge in [-0.3, -0.25) is 4.79 Å². The molecule has 0 amide bonds. The van der Waals surface area contributed by atoms with Crippen molar-refractivity contribution in [2.75, 3.05) is 6.61 Å². The molecule has 0 spiro atoms. The standard InChI is InChI=1S/C10H19NO2/c1-4-13-10(12)9-6-5-7(2)8(3)11-9/h7-9,11H,4-6H2,1-3H3. The van der Waals surface area contributed by atoms with Crippen molar-refractivity contribution in [1.82, 2.24) is 5.32 Å². The first-order valence-corrected chi connectivity index (χ1v) is 5.07. The smallest absolute Gasteiger partial charge is 0.323 e. The van der Waals surface area contributed by atoms with Crippen molar-refractivity contribution in [1.29, 1.82) is 0 Å². The molecule has 1 aliphatic heterocycles. The van der Waals surface area contributed by atoms with Crippen molar-refractivity contribution in [3.8, 4) is 0 Å². The predicted octanol–water partition coefficient (Wildman–Crippen LogP) is 1.33. The van der Waals surface area contributed by atoms with Gasteiger partial charge in [-0.1, -0.05) is 6.92 Å². The van der Waals surface area contributed by atoms with Gasteiger partial charge in [-0.25, -0.2) is 0 Å². The molecule has 1 aliphatic rings. The molecule has 13 heavy (non-hydrogen) atoms. The van der Waals surface area contributed by atoms with E-state index >= 15 is 0 Å². The number of ether oxygens (including phenoxy) is 1. The molecule has 0 saturated carbocycles. The Morgan fingerprint density at radius 3 is 2.69 bits per heavy atom. The Morgan fingerprint density at radius 2 is 2.15 bits per heavy atom. The molecule has 0 aliphatic carbocycles. The maximum atomic E-state index is 11.4. The van der Waals surface area contributed by atoms with E-state index in [0.717, 1.165) is 12.8 Å². The summed E-state index contributed by atoms with van der Waals surface area (Å²) in [5, 5.41) is 3.28. The monoisotopic (exact) mass is 185 g/mol. The molecule has 1 rings (SSSR count). The molecular formula is C10H19NO2. The van der Waals surface area contributed by atoms with Crippen molar-refractivity contribution in [3.05, 3.63) is 0 Å². The van der Waals surface area contributed by atoms with Gasteiger partial charge in [0.15, 0.2) is 0 Å². The number of nitrogens with one attached hydrogen (secondary N) is 1. The van der Waals surface area contributed by atoms with Crippen LogP contribution < -0.4 is 5.32 Å². The van der Waals surface area contributed by atoms with E-state index in [1.165, 1.54) is 0 Å². The number of carbonyl (C=O) groups is 1. The third-order valence-electron chi connectivity index (χ3n) is 2.80. The number of rotatable bonds is 2. The topological polar surface area (TPSA) is 38.3 Å². The van der Waals surface area contributed by atoms with E-state index in [1.807, 2.05) is 6.92 Å². The van der Waals surface area contributed by atoms with Gasteiger partial charge in [0.1, 0.15) is 6.04 Å². The highest BCUT2D eigenvalue weighted by atomic mass is 16.5. The molecule has 0 radical (unpaired) electrons. The zero-order valence-corrected chi connectivity index (χ0v) is 8.67. The Balaban J connectivity index is 2.40. The predicted molar refractivity (Wildman–Crippen MR) is 51.4 cm³/mol. The SMILES string of the molecule is CCOC(=O)C1CCC(C)C(C)N1. The van der Waals surface area contributed by atoms with Crippen molar-refractivity contribution >= 4 is 5.97 Å². The molecule has 0 aromatic carbocycles. The lowest BCUT2D eigenvalue weighted by Gasteiger charge is -2.32. The van der Waals surface area contributed by atoms with E-state index in [-0.39, 0.29) is 12.0 Å². The average Bonchev–Trinajstić information content (AvgIpc) is 2.10. The summed E-state index contributed by atoms with van der Waals surface area (Å²) in [6.45, 7) is 6.64. The van der Waals surface area contributed by atoms with E-state index in [1.54, 1.807) is 0 Å². The molecule has 0 aromatic rings. The van der Waals surface area contributed by atoms with Crippen molar-refractivity contribution in [2.24, 2.45) is 5.92 Å². The molecule has 0 bridgehead atoms. The highest BCUT2D eigenvalue weighted by Crippen LogP contribution is 2.19. The van der Waals surface area contributed by atoms with Gasteiger partial charge in [-0.15, -0.1) is 0 Å². The van der Waals surface area contributed by atoms with E-state index < -0.39 is 0 Å². The number of hydrogen-bond donors (Lipinski definition) is 1. The van der Waals surface area contributed by atoms with E-state index in [4.69, 9.17) is 4.74 Å². The molecule has 3 heteroatoms. The summed E-state index contributed by atoms with van der Waals surface area (Å²) in [6, 6.07) is 0.342. The van der Waals surface area contributed by atoms with Gasteiger partial charge < -0.3 is 10.1 Å². The second-order valence-corrected chi connectivity index (χ2v) is 3.81. The molecule has 0 aromatic heterocycles. The summed E-state index contributed by atoms with van der Waals surface area (Å²) < 4.78 is 4.96. The van der Waals surface area contributed by atoms with Gasteiger partial charge in [0.2, 0.25) is 0 Å². The molecule has 1 saturated heterocycles. The van der Waals surface area contributed by atoms with Gasteiger partial charge in [-0.05, 0) is 32.6 Å². The minimum atomic E-state index is -0.0961. The van der Waals surface area contributed by atoms with Gasteiger partial charge in [0.05, 0.1) is 6.61 Å². The van der Waals surface area contributed by atoms with E-state index in [0.29, 0.717) is 18.6 Å². The minimum absolute atomic E-state index is 0.0776. The first-order valence-electron chi connectivity index (χ1n) is 5.07. The summed E-state index contributed by atoms with van der Waals surface area (Å²) in [6.07, 6.45) is 2.02. The Hall–Kier alpha value is -0.570. The lowest BCUT2D eigenvalue weighted by molar-refractivity contribution is -0.146. The van der Waals surface area contributed by atoms with Gasteiger partial charge in [0, 0.05) is 6.04 Å². The molecule has 76 valence electrons. The maximum absolute atomic E-state index is 11.4. The van der Waals surface area contributed by atoms with Crippen LogP contribution in [0.3, 0.4) is 0 Å². The van der Waals surface area contributed by atoms with Crippen LogP contribution in [0.4, 0.5) is 0 Å². The van der Waals surface area contributed by atoms with Crippen LogP contribution in [0.25, 0.3) is 0 Å². The Kier molecular flexibility index (Phi) is 3.72. The van der Waals surface area contributed by atoms with Gasteiger partial charge in [-0.2, -0.15) is 0 Å². The summed E-state index contributed by atoms with van der Waals surface area (Å²) in [7, 11) is 0. The van der Waals surface area contributed by atoms with Gasteiger partial charge >= 0.3 is 5.97 Å². The summed E-state index contributed by atoms with van der Waals surface area (Å²) in [5.41, 5.74) is 0. The highest BCUT2D eigenvalue weighted by molar-refractivity contribution is 5.75. The van der Waals surface area contributed by atoms with Crippen molar-refractivity contribution < 1.29 is 9.53 Å². The van der Waals surface area contributed by atoms with E-state index in [2.05, 4.69) is 19.2 Å². The first kappa shape index (κ1) is 10.5. The molecule has 1 N–H and O–H groups in total. The fraction of sp³-hybridized carbons (Fsp3) is 0.900. The average molecular weight is 185 g/mol. The van der Waals surface area contributed by atoms with Crippen LogP contribution in [-0.2, 0) is 9.53 Å². The summed E-state index contributed by atoms with van der Waals surface area (Å²) in [4.78, 5) is 11.4. The second-order valence-electron chi connectivity index (χ2n) is 3.81. The normalized spacial score (nSPS) is 34.2. The fourth-order valence-electron chi connectivity index (χ4n) is 1.67. The van der Waals surface area contributed by atoms with Crippen molar-refractivity contribution in [3.63, 3.8) is 0 Å². The molecule has 3 unspecified atom stereocenters. The minimum Gasteiger partial charge on any atom is -0.465 e.